The van der Waals surface area contributed by atoms with E-state index in [1.165, 1.54) is 57.8 Å². The van der Waals surface area contributed by atoms with Gasteiger partial charge in [-0.15, -0.1) is 0 Å². The first-order chi connectivity index (χ1) is 14.3. The molecule has 0 spiro atoms. The van der Waals surface area contributed by atoms with Crippen molar-refractivity contribution in [2.24, 2.45) is 52.3 Å². The largest absolute Gasteiger partial charge is 0.314 e. The second kappa shape index (κ2) is 9.07. The van der Waals surface area contributed by atoms with Crippen LogP contribution < -0.4 is 5.32 Å². The van der Waals surface area contributed by atoms with Crippen LogP contribution in [-0.2, 0) is 0 Å². The van der Waals surface area contributed by atoms with Crippen molar-refractivity contribution in [2.75, 3.05) is 6.54 Å². The molecule has 0 heterocycles. The van der Waals surface area contributed by atoms with Gasteiger partial charge in [0.05, 0.1) is 0 Å². The Labute approximate surface area is 188 Å². The third-order valence-corrected chi connectivity index (χ3v) is 11.4. The molecule has 0 radical (unpaired) electrons. The van der Waals surface area contributed by atoms with E-state index in [-0.39, 0.29) is 0 Å². The van der Waals surface area contributed by atoms with E-state index in [9.17, 15) is 0 Å². The maximum Gasteiger partial charge on any atom is 0.00699 e. The van der Waals surface area contributed by atoms with Crippen LogP contribution in [0, 0.1) is 52.3 Å². The van der Waals surface area contributed by atoms with Crippen molar-refractivity contribution in [1.29, 1.82) is 0 Å². The molecule has 0 aromatic rings. The van der Waals surface area contributed by atoms with Gasteiger partial charge in [-0.2, -0.15) is 0 Å². The van der Waals surface area contributed by atoms with Crippen molar-refractivity contribution < 1.29 is 0 Å². The first kappa shape index (κ1) is 23.1. The lowest BCUT2D eigenvalue weighted by Crippen LogP contribution is -2.55. The van der Waals surface area contributed by atoms with Gasteiger partial charge in [0, 0.05) is 6.04 Å². The molecule has 1 nitrogen and oxygen atoms in total. The number of rotatable bonds is 7. The molecular formula is C29H53N. The molecule has 4 saturated carbocycles. The van der Waals surface area contributed by atoms with E-state index in [0.717, 1.165) is 54.0 Å². The summed E-state index contributed by atoms with van der Waals surface area (Å²) in [6.45, 7) is 16.3. The van der Waals surface area contributed by atoms with Crippen molar-refractivity contribution in [3.8, 4) is 0 Å². The van der Waals surface area contributed by atoms with Gasteiger partial charge in [-0.05, 0) is 117 Å². The van der Waals surface area contributed by atoms with Crippen LogP contribution in [0.3, 0.4) is 0 Å². The lowest BCUT2D eigenvalue weighted by molar-refractivity contribution is -0.117. The number of hydrogen-bond acceptors (Lipinski definition) is 1. The molecule has 4 unspecified atom stereocenters. The second-order valence-electron chi connectivity index (χ2n) is 13.2. The molecule has 0 amide bonds. The van der Waals surface area contributed by atoms with Crippen molar-refractivity contribution >= 4 is 0 Å². The van der Waals surface area contributed by atoms with E-state index in [0.29, 0.717) is 10.8 Å². The van der Waals surface area contributed by atoms with Crippen LogP contribution in [0.4, 0.5) is 0 Å². The highest BCUT2D eigenvalue weighted by atomic mass is 14.9. The molecule has 0 aromatic heterocycles. The molecule has 0 saturated heterocycles. The zero-order valence-electron chi connectivity index (χ0n) is 21.3. The lowest BCUT2D eigenvalue weighted by atomic mass is 9.44. The molecule has 0 aliphatic heterocycles. The summed E-state index contributed by atoms with van der Waals surface area (Å²) in [5.74, 6) is 6.94. The Bertz CT molecular complexity index is 569. The van der Waals surface area contributed by atoms with Gasteiger partial charge in [-0.25, -0.2) is 0 Å². The standard InChI is InChI=1S/C29H53N/c1-7-30-23-15-17-28(5)22(19-23)11-12-24-26-14-13-25(21(4)10-8-9-20(2)3)29(26,6)18-16-27(24)28/h20-27,30H,7-19H2,1-6H3/t21-,22+,23+,24-,25?,26+,27?,28?,29?/m1/s1. The van der Waals surface area contributed by atoms with Crippen molar-refractivity contribution in [2.45, 2.75) is 125 Å². The third kappa shape index (κ3) is 4.04. The molecule has 9 atom stereocenters. The summed E-state index contributed by atoms with van der Waals surface area (Å²) in [5, 5.41) is 3.79. The highest BCUT2D eigenvalue weighted by Crippen LogP contribution is 2.68. The Hall–Kier alpha value is -0.0400. The molecule has 0 aromatic carbocycles. The highest BCUT2D eigenvalue weighted by molar-refractivity contribution is 5.10. The third-order valence-electron chi connectivity index (χ3n) is 11.4. The van der Waals surface area contributed by atoms with Gasteiger partial charge in [0.1, 0.15) is 0 Å². The summed E-state index contributed by atoms with van der Waals surface area (Å²) in [5.41, 5.74) is 1.31. The van der Waals surface area contributed by atoms with Crippen LogP contribution in [0.5, 0.6) is 0 Å². The molecule has 4 aliphatic rings. The molecule has 174 valence electrons. The van der Waals surface area contributed by atoms with Crippen molar-refractivity contribution in [1.82, 2.24) is 5.32 Å². The maximum atomic E-state index is 3.79. The Balaban J connectivity index is 1.43. The summed E-state index contributed by atoms with van der Waals surface area (Å²) >= 11 is 0. The Morgan fingerprint density at radius 2 is 1.57 bits per heavy atom. The van der Waals surface area contributed by atoms with Gasteiger partial charge in [-0.3, -0.25) is 0 Å². The molecule has 4 rings (SSSR count). The summed E-state index contributed by atoms with van der Waals surface area (Å²) < 4.78 is 0. The molecule has 30 heavy (non-hydrogen) atoms. The van der Waals surface area contributed by atoms with Crippen LogP contribution in [-0.4, -0.2) is 12.6 Å². The monoisotopic (exact) mass is 415 g/mol. The van der Waals surface area contributed by atoms with Gasteiger partial charge in [0.2, 0.25) is 0 Å². The van der Waals surface area contributed by atoms with Crippen LogP contribution >= 0.6 is 0 Å². The smallest absolute Gasteiger partial charge is 0.00699 e. The molecule has 0 bridgehead atoms. The van der Waals surface area contributed by atoms with E-state index < -0.39 is 0 Å². The van der Waals surface area contributed by atoms with Crippen LogP contribution in [0.15, 0.2) is 0 Å². The summed E-state index contributed by atoms with van der Waals surface area (Å²) in [6.07, 6.45) is 18.0. The normalized spacial score (nSPS) is 46.9. The van der Waals surface area contributed by atoms with Gasteiger partial charge in [0.15, 0.2) is 0 Å². The average Bonchev–Trinajstić information content (AvgIpc) is 3.05. The first-order valence-electron chi connectivity index (χ1n) is 14.0. The van der Waals surface area contributed by atoms with Gasteiger partial charge < -0.3 is 5.32 Å². The fourth-order valence-electron chi connectivity index (χ4n) is 9.76. The Kier molecular flexibility index (Phi) is 6.99. The predicted octanol–water partition coefficient (Wildman–Crippen LogP) is 8.09. The van der Waals surface area contributed by atoms with Crippen LogP contribution in [0.1, 0.15) is 119 Å². The van der Waals surface area contributed by atoms with E-state index in [1.54, 1.807) is 19.3 Å². The second-order valence-corrected chi connectivity index (χ2v) is 13.2. The minimum atomic E-state index is 0.650. The lowest BCUT2D eigenvalue weighted by Gasteiger charge is -2.61. The Morgan fingerprint density at radius 3 is 2.30 bits per heavy atom. The van der Waals surface area contributed by atoms with Crippen LogP contribution in [0.2, 0.25) is 0 Å². The van der Waals surface area contributed by atoms with Gasteiger partial charge in [-0.1, -0.05) is 60.8 Å². The fourth-order valence-corrected chi connectivity index (χ4v) is 9.76. The van der Waals surface area contributed by atoms with E-state index >= 15 is 0 Å². The van der Waals surface area contributed by atoms with E-state index in [4.69, 9.17) is 0 Å². The number of fused-ring (bicyclic) bond motifs is 5. The summed E-state index contributed by atoms with van der Waals surface area (Å²) in [6, 6.07) is 0.807. The Morgan fingerprint density at radius 1 is 0.833 bits per heavy atom. The molecule has 4 aliphatic carbocycles. The fraction of sp³-hybridized carbons (Fsp3) is 1.00. The summed E-state index contributed by atoms with van der Waals surface area (Å²) in [7, 11) is 0. The molecule has 1 heteroatoms. The minimum Gasteiger partial charge on any atom is -0.314 e. The number of hydrogen-bond donors (Lipinski definition) is 1. The van der Waals surface area contributed by atoms with Crippen molar-refractivity contribution in [3.63, 3.8) is 0 Å². The van der Waals surface area contributed by atoms with E-state index in [1.807, 2.05) is 0 Å². The van der Waals surface area contributed by atoms with Crippen molar-refractivity contribution in [3.05, 3.63) is 0 Å². The highest BCUT2D eigenvalue weighted by Gasteiger charge is 2.60. The first-order valence-corrected chi connectivity index (χ1v) is 14.0. The average molecular weight is 416 g/mol. The summed E-state index contributed by atoms with van der Waals surface area (Å²) in [4.78, 5) is 0. The minimum absolute atomic E-state index is 0.650. The number of nitrogens with one attached hydrogen (secondary N) is 1. The molecule has 1 N–H and O–H groups in total. The molecular weight excluding hydrogens is 362 g/mol. The van der Waals surface area contributed by atoms with Crippen LogP contribution in [0.25, 0.3) is 0 Å². The maximum absolute atomic E-state index is 3.79. The van der Waals surface area contributed by atoms with Gasteiger partial charge >= 0.3 is 0 Å². The predicted molar refractivity (Wildman–Crippen MR) is 131 cm³/mol. The van der Waals surface area contributed by atoms with Gasteiger partial charge in [0.25, 0.3) is 0 Å². The zero-order chi connectivity index (χ0) is 21.5. The van der Waals surface area contributed by atoms with E-state index in [2.05, 4.69) is 46.9 Å². The quantitative estimate of drug-likeness (QED) is 0.443. The topological polar surface area (TPSA) is 12.0 Å². The molecule has 4 fully saturated rings. The SMILES string of the molecule is CCN[C@H]1CCC2(C)C3CCC4(C)C([C@H](C)CCCC(C)C)CC[C@H]4[C@H]3CC[C@H]2C1. The zero-order valence-corrected chi connectivity index (χ0v) is 21.3.